The van der Waals surface area contributed by atoms with Crippen molar-refractivity contribution in [1.82, 2.24) is 4.48 Å². The number of hydrogen-bond acceptors (Lipinski definition) is 4. The number of rotatable bonds is 3. The highest BCUT2D eigenvalue weighted by atomic mass is 35.5. The van der Waals surface area contributed by atoms with Crippen molar-refractivity contribution in [3.8, 4) is 5.75 Å². The Bertz CT molecular complexity index is 1240. The van der Waals surface area contributed by atoms with Crippen molar-refractivity contribution in [3.63, 3.8) is 0 Å². The molecule has 0 N–H and O–H groups in total. The number of para-hydroxylation sites is 1. The average Bonchev–Trinajstić information content (AvgIpc) is 2.69. The van der Waals surface area contributed by atoms with Crippen LogP contribution in [0.1, 0.15) is 0 Å². The standard InChI is InChI=1S/C18H15ClF2N3O3S/c1-28(25,26)23-14-3-2-4-15(27-18(20)21)16(14)24-8-10-7-11(19)5-6-12(10)22-13(9-24)17(23)24/h2-8,13,17-18H,9H2,1H3/q+1/t13-,17?,24+/m1/s1. The topological polar surface area (TPSA) is 59.0 Å². The van der Waals surface area contributed by atoms with E-state index in [0.29, 0.717) is 28.3 Å². The van der Waals surface area contributed by atoms with E-state index in [2.05, 4.69) is 0 Å². The van der Waals surface area contributed by atoms with Gasteiger partial charge in [0, 0.05) is 5.02 Å². The molecule has 2 aromatic carbocycles. The molecular weight excluding hydrogens is 412 g/mol. The molecule has 0 amide bonds. The average molecular weight is 427 g/mol. The van der Waals surface area contributed by atoms with Gasteiger partial charge in [0.05, 0.1) is 16.8 Å². The zero-order valence-electron chi connectivity index (χ0n) is 14.6. The molecule has 0 saturated carbocycles. The molecule has 2 aromatic rings. The molecule has 0 radical (unpaired) electrons. The SMILES string of the molecule is CS(=O)(=O)N1c2cccc(OC(F)F)c2[N@+]23C=c4cc(Cl)ccc4=N[C@H](C2)C13. The van der Waals surface area contributed by atoms with Gasteiger partial charge in [-0.2, -0.15) is 8.78 Å². The zero-order valence-corrected chi connectivity index (χ0v) is 16.2. The van der Waals surface area contributed by atoms with Crippen LogP contribution in [0.4, 0.5) is 20.2 Å². The third-order valence-electron chi connectivity index (χ3n) is 5.41. The van der Waals surface area contributed by atoms with Gasteiger partial charge < -0.3 is 4.74 Å². The molecule has 6 nitrogen and oxygen atoms in total. The van der Waals surface area contributed by atoms with E-state index in [9.17, 15) is 17.2 Å². The first kappa shape index (κ1) is 17.8. The first-order valence-corrected chi connectivity index (χ1v) is 10.7. The van der Waals surface area contributed by atoms with Crippen LogP contribution < -0.4 is 24.1 Å². The number of ether oxygens (including phenoxy) is 1. The highest BCUT2D eigenvalue weighted by Crippen LogP contribution is 2.58. The fourth-order valence-corrected chi connectivity index (χ4v) is 5.92. The van der Waals surface area contributed by atoms with Crippen LogP contribution in [0.5, 0.6) is 5.75 Å². The van der Waals surface area contributed by atoms with Crippen molar-refractivity contribution in [2.75, 3.05) is 17.1 Å². The van der Waals surface area contributed by atoms with Crippen molar-refractivity contribution in [1.29, 1.82) is 0 Å². The van der Waals surface area contributed by atoms with Gasteiger partial charge in [-0.25, -0.2) is 17.2 Å². The van der Waals surface area contributed by atoms with Crippen LogP contribution in [-0.2, 0) is 10.0 Å². The Morgan fingerprint density at radius 2 is 2.11 bits per heavy atom. The number of anilines is 1. The predicted octanol–water partition coefficient (Wildman–Crippen LogP) is 1.81. The first-order valence-electron chi connectivity index (χ1n) is 8.52. The Morgan fingerprint density at radius 3 is 2.82 bits per heavy atom. The van der Waals surface area contributed by atoms with Gasteiger partial charge in [-0.15, -0.1) is 0 Å². The molecule has 2 bridgehead atoms. The molecule has 3 aliphatic heterocycles. The number of hydrogen-bond donors (Lipinski definition) is 0. The lowest BCUT2D eigenvalue weighted by Gasteiger charge is -2.49. The molecule has 1 fully saturated rings. The maximum atomic E-state index is 13.0. The van der Waals surface area contributed by atoms with Crippen molar-refractivity contribution >= 4 is 39.2 Å². The highest BCUT2D eigenvalue weighted by molar-refractivity contribution is 7.92. The molecule has 3 heterocycles. The number of benzene rings is 2. The minimum atomic E-state index is -3.68. The van der Waals surface area contributed by atoms with Gasteiger partial charge in [0.15, 0.2) is 11.8 Å². The van der Waals surface area contributed by atoms with Crippen LogP contribution in [0, 0.1) is 0 Å². The second-order valence-electron chi connectivity index (χ2n) is 7.12. The fourth-order valence-electron chi connectivity index (χ4n) is 4.54. The van der Waals surface area contributed by atoms with Crippen LogP contribution in [0.3, 0.4) is 0 Å². The Kier molecular flexibility index (Phi) is 3.60. The summed E-state index contributed by atoms with van der Waals surface area (Å²) in [5.41, 5.74) is 0.738. The number of fused-ring (bicyclic) bond motifs is 4. The number of nitrogens with zero attached hydrogens (tertiary/aromatic N) is 3. The van der Waals surface area contributed by atoms with Gasteiger partial charge in [0.2, 0.25) is 21.9 Å². The van der Waals surface area contributed by atoms with Crippen molar-refractivity contribution in [2.24, 2.45) is 4.99 Å². The smallest absolute Gasteiger partial charge is 0.387 e. The molecule has 0 aromatic heterocycles. The maximum Gasteiger partial charge on any atom is 0.387 e. The summed E-state index contributed by atoms with van der Waals surface area (Å²) in [6.45, 7) is -2.58. The zero-order chi connectivity index (χ0) is 19.8. The summed E-state index contributed by atoms with van der Waals surface area (Å²) in [6, 6.07) is 9.47. The number of alkyl halides is 2. The maximum absolute atomic E-state index is 13.0. The second kappa shape index (κ2) is 5.65. The lowest BCUT2D eigenvalue weighted by Crippen LogP contribution is -2.74. The normalized spacial score (nSPS) is 27.0. The molecule has 1 unspecified atom stereocenters. The summed E-state index contributed by atoms with van der Waals surface area (Å²) in [6.07, 6.45) is 2.37. The molecule has 1 spiro atoms. The Hall–Kier alpha value is -2.23. The summed E-state index contributed by atoms with van der Waals surface area (Å²) in [5, 5.41) is 1.93. The van der Waals surface area contributed by atoms with E-state index in [1.807, 2.05) is 6.20 Å². The summed E-state index contributed by atoms with van der Waals surface area (Å²) in [5.74, 6) is -0.0381. The molecule has 10 heteroatoms. The summed E-state index contributed by atoms with van der Waals surface area (Å²) < 4.78 is 57.5. The van der Waals surface area contributed by atoms with Crippen molar-refractivity contribution < 1.29 is 21.9 Å². The van der Waals surface area contributed by atoms with Gasteiger partial charge >= 0.3 is 6.61 Å². The molecule has 0 aliphatic carbocycles. The van der Waals surface area contributed by atoms with Gasteiger partial charge in [-0.05, 0) is 30.3 Å². The largest absolute Gasteiger partial charge is 0.428 e. The quantitative estimate of drug-likeness (QED) is 0.703. The van der Waals surface area contributed by atoms with E-state index in [-0.39, 0.29) is 16.3 Å². The van der Waals surface area contributed by atoms with Crippen LogP contribution in [0.25, 0.3) is 6.20 Å². The first-order chi connectivity index (χ1) is 13.2. The highest BCUT2D eigenvalue weighted by Gasteiger charge is 2.68. The van der Waals surface area contributed by atoms with E-state index in [1.54, 1.807) is 24.3 Å². The monoisotopic (exact) mass is 426 g/mol. The van der Waals surface area contributed by atoms with E-state index < -0.39 is 22.8 Å². The van der Waals surface area contributed by atoms with Crippen LogP contribution >= 0.6 is 11.6 Å². The molecule has 3 aliphatic rings. The summed E-state index contributed by atoms with van der Waals surface area (Å²) in [4.78, 5) is 4.72. The van der Waals surface area contributed by atoms with Crippen molar-refractivity contribution in [2.45, 2.75) is 18.8 Å². The summed E-state index contributed by atoms with van der Waals surface area (Å²) >= 11 is 6.13. The number of sulfonamides is 1. The molecule has 1 saturated heterocycles. The Morgan fingerprint density at radius 1 is 1.32 bits per heavy atom. The lowest BCUT2D eigenvalue weighted by atomic mass is 10.0. The van der Waals surface area contributed by atoms with Gasteiger partial charge in [0.1, 0.15) is 18.4 Å². The van der Waals surface area contributed by atoms with Crippen LogP contribution in [-0.4, -0.2) is 40.0 Å². The Labute approximate surface area is 164 Å². The molecule has 146 valence electrons. The predicted molar refractivity (Wildman–Crippen MR) is 101 cm³/mol. The third kappa shape index (κ3) is 2.33. The van der Waals surface area contributed by atoms with Crippen molar-refractivity contribution in [3.05, 3.63) is 52.0 Å². The van der Waals surface area contributed by atoms with Gasteiger partial charge in [-0.3, -0.25) is 4.99 Å². The summed E-state index contributed by atoms with van der Waals surface area (Å²) in [7, 11) is -3.68. The van der Waals surface area contributed by atoms with Crippen LogP contribution in [0.2, 0.25) is 5.02 Å². The third-order valence-corrected chi connectivity index (χ3v) is 6.78. The minimum absolute atomic E-state index is 0.0381. The van der Waals surface area contributed by atoms with E-state index >= 15 is 0 Å². The molecule has 5 rings (SSSR count). The van der Waals surface area contributed by atoms with Gasteiger partial charge in [0.25, 0.3) is 0 Å². The van der Waals surface area contributed by atoms with E-state index in [4.69, 9.17) is 21.3 Å². The Balaban J connectivity index is 1.85. The van der Waals surface area contributed by atoms with Crippen LogP contribution in [0.15, 0.2) is 41.4 Å². The number of quaternary nitrogens is 1. The second-order valence-corrected chi connectivity index (χ2v) is 9.41. The lowest BCUT2D eigenvalue weighted by molar-refractivity contribution is -0.0505. The van der Waals surface area contributed by atoms with E-state index in [0.717, 1.165) is 11.5 Å². The van der Waals surface area contributed by atoms with Gasteiger partial charge in [-0.1, -0.05) is 17.7 Å². The molecule has 3 atom stereocenters. The van der Waals surface area contributed by atoms with E-state index in [1.165, 1.54) is 16.4 Å². The molecule has 28 heavy (non-hydrogen) atoms. The fraction of sp³-hybridized carbons (Fsp3) is 0.278. The molecular formula is C18H15ClF2N3O3S+. The number of halogens is 3. The minimum Gasteiger partial charge on any atom is -0.428 e.